The summed E-state index contributed by atoms with van der Waals surface area (Å²) in [5.41, 5.74) is 6.26. The van der Waals surface area contributed by atoms with E-state index in [1.165, 1.54) is 0 Å². The Hall–Kier alpha value is -2.32. The van der Waals surface area contributed by atoms with Crippen molar-refractivity contribution in [1.82, 2.24) is 4.90 Å². The Bertz CT molecular complexity index is 778. The van der Waals surface area contributed by atoms with Crippen LogP contribution >= 0.6 is 12.2 Å². The third kappa shape index (κ3) is 7.84. The number of thiocarbonyl (C=S) groups is 1. The van der Waals surface area contributed by atoms with Gasteiger partial charge in [0.2, 0.25) is 5.91 Å². The first-order chi connectivity index (χ1) is 14.0. The number of Topliss-reactive ketones (excluding diaryl/α,β-unsaturated/α-hetero) is 1. The fourth-order valence-corrected chi connectivity index (χ4v) is 3.31. The highest BCUT2D eigenvalue weighted by Gasteiger charge is 2.25. The van der Waals surface area contributed by atoms with Crippen LogP contribution in [0.15, 0.2) is 24.3 Å². The Morgan fingerprint density at radius 1 is 1.07 bits per heavy atom. The first kappa shape index (κ1) is 24.0. The molecule has 1 amide bonds. The number of nitrogens with two attached hydrogens (primary N) is 1. The molecule has 0 radical (unpaired) electrons. The van der Waals surface area contributed by atoms with Gasteiger partial charge in [-0.15, -0.1) is 0 Å². The largest absolute Gasteiger partial charge is 0.458 e. The molecule has 2 rings (SSSR count). The molecular formula is C22H30N2O5S. The second-order valence-electron chi connectivity index (χ2n) is 8.34. The molecule has 1 heterocycles. The Morgan fingerprint density at radius 2 is 1.63 bits per heavy atom. The summed E-state index contributed by atoms with van der Waals surface area (Å²) in [7, 11) is 0. The second kappa shape index (κ2) is 10.6. The molecule has 30 heavy (non-hydrogen) atoms. The van der Waals surface area contributed by atoms with Crippen LogP contribution < -0.4 is 5.73 Å². The average Bonchev–Trinajstić information content (AvgIpc) is 2.69. The highest BCUT2D eigenvalue weighted by Crippen LogP contribution is 2.17. The number of ketones is 1. The van der Waals surface area contributed by atoms with Crippen molar-refractivity contribution >= 4 is 34.9 Å². The molecule has 7 nitrogen and oxygen atoms in total. The fraction of sp³-hybridized carbons (Fsp3) is 0.545. The molecule has 0 bridgehead atoms. The number of benzene rings is 1. The van der Waals surface area contributed by atoms with E-state index in [0.717, 1.165) is 0 Å². The van der Waals surface area contributed by atoms with Gasteiger partial charge in [0.15, 0.2) is 5.78 Å². The molecule has 1 saturated heterocycles. The van der Waals surface area contributed by atoms with E-state index < -0.39 is 5.60 Å². The van der Waals surface area contributed by atoms with Gasteiger partial charge in [0.1, 0.15) is 17.2 Å². The molecule has 0 aromatic heterocycles. The summed E-state index contributed by atoms with van der Waals surface area (Å²) < 4.78 is 10.8. The molecule has 8 heteroatoms. The quantitative estimate of drug-likeness (QED) is 0.381. The number of ether oxygens (including phenoxy) is 2. The lowest BCUT2D eigenvalue weighted by molar-refractivity contribution is -0.163. The molecule has 0 atom stereocenters. The lowest BCUT2D eigenvalue weighted by Gasteiger charge is -2.32. The number of esters is 1. The van der Waals surface area contributed by atoms with Crippen molar-refractivity contribution in [2.75, 3.05) is 19.7 Å². The number of hydrogen-bond acceptors (Lipinski definition) is 6. The second-order valence-corrected chi connectivity index (χ2v) is 8.78. The molecule has 1 aliphatic heterocycles. The third-order valence-corrected chi connectivity index (χ3v) is 4.94. The number of rotatable bonds is 8. The molecule has 1 fully saturated rings. The summed E-state index contributed by atoms with van der Waals surface area (Å²) in [5, 5.41) is 0. The van der Waals surface area contributed by atoms with E-state index in [0.29, 0.717) is 37.1 Å². The molecule has 1 aliphatic rings. The van der Waals surface area contributed by atoms with Gasteiger partial charge in [0, 0.05) is 37.1 Å². The molecule has 0 spiro atoms. The number of nitrogens with zero attached hydrogens (tertiary/aromatic N) is 1. The third-order valence-electron chi connectivity index (χ3n) is 4.71. The number of piperidine rings is 1. The highest BCUT2D eigenvalue weighted by atomic mass is 32.1. The van der Waals surface area contributed by atoms with Gasteiger partial charge in [0.25, 0.3) is 0 Å². The molecule has 1 aromatic carbocycles. The van der Waals surface area contributed by atoms with Gasteiger partial charge in [-0.25, -0.2) is 4.79 Å². The van der Waals surface area contributed by atoms with Crippen LogP contribution in [-0.4, -0.2) is 58.9 Å². The summed E-state index contributed by atoms with van der Waals surface area (Å²) in [6, 6.07) is 6.77. The van der Waals surface area contributed by atoms with Crippen molar-refractivity contribution in [2.24, 2.45) is 5.73 Å². The molecule has 0 unspecified atom stereocenters. The first-order valence-electron chi connectivity index (χ1n) is 10.1. The Kier molecular flexibility index (Phi) is 8.49. The number of carbonyl (C=O) groups excluding carboxylic acids is 3. The van der Waals surface area contributed by atoms with E-state index in [-0.39, 0.29) is 48.2 Å². The minimum atomic E-state index is -0.535. The summed E-state index contributed by atoms with van der Waals surface area (Å²) >= 11 is 4.90. The number of likely N-dealkylation sites (tertiary alicyclic amines) is 1. The Labute approximate surface area is 182 Å². The number of carbonyl (C=O) groups is 3. The Morgan fingerprint density at radius 3 is 2.17 bits per heavy atom. The van der Waals surface area contributed by atoms with E-state index in [2.05, 4.69) is 0 Å². The number of amides is 1. The van der Waals surface area contributed by atoms with Gasteiger partial charge in [-0.3, -0.25) is 9.59 Å². The normalized spacial score (nSPS) is 15.0. The lowest BCUT2D eigenvalue weighted by Crippen LogP contribution is -2.41. The maximum Gasteiger partial charge on any atom is 0.332 e. The average molecular weight is 435 g/mol. The molecule has 0 aliphatic carbocycles. The maximum atomic E-state index is 12.4. The number of hydrogen-bond donors (Lipinski definition) is 1. The van der Waals surface area contributed by atoms with Gasteiger partial charge in [-0.1, -0.05) is 36.5 Å². The predicted octanol–water partition coefficient (Wildman–Crippen LogP) is 2.63. The molecule has 164 valence electrons. The van der Waals surface area contributed by atoms with Gasteiger partial charge in [-0.2, -0.15) is 0 Å². The van der Waals surface area contributed by atoms with Crippen molar-refractivity contribution in [2.45, 2.75) is 58.2 Å². The summed E-state index contributed by atoms with van der Waals surface area (Å²) in [4.78, 5) is 38.5. The van der Waals surface area contributed by atoms with Crippen molar-refractivity contribution in [1.29, 1.82) is 0 Å². The predicted molar refractivity (Wildman–Crippen MR) is 117 cm³/mol. The fourth-order valence-electron chi connectivity index (χ4n) is 3.17. The van der Waals surface area contributed by atoms with E-state index in [1.54, 1.807) is 29.2 Å². The van der Waals surface area contributed by atoms with Crippen molar-refractivity contribution in [3.05, 3.63) is 35.4 Å². The molecule has 1 aromatic rings. The van der Waals surface area contributed by atoms with Gasteiger partial charge >= 0.3 is 5.97 Å². The first-order valence-corrected chi connectivity index (χ1v) is 10.5. The van der Waals surface area contributed by atoms with Gasteiger partial charge in [-0.05, 0) is 33.6 Å². The zero-order valence-electron chi connectivity index (χ0n) is 17.8. The van der Waals surface area contributed by atoms with E-state index in [9.17, 15) is 14.4 Å². The Balaban J connectivity index is 1.70. The van der Waals surface area contributed by atoms with Crippen LogP contribution in [0.1, 0.15) is 62.4 Å². The van der Waals surface area contributed by atoms with Gasteiger partial charge in [0.05, 0.1) is 6.10 Å². The van der Waals surface area contributed by atoms with Crippen molar-refractivity contribution in [3.8, 4) is 0 Å². The minimum absolute atomic E-state index is 0.0475. The van der Waals surface area contributed by atoms with Crippen LogP contribution in [0.5, 0.6) is 0 Å². The van der Waals surface area contributed by atoms with E-state index in [4.69, 9.17) is 27.4 Å². The standard InChI is InChI=1S/C22H30N2O5S/c1-22(2,3)29-20(27)14-28-17-10-12-24(13-11-17)19(26)9-8-18(25)15-4-6-16(7-5-15)21(23)30/h4-7,17H,8-14H2,1-3H3,(H2,23,30). The van der Waals surface area contributed by atoms with E-state index >= 15 is 0 Å². The van der Waals surface area contributed by atoms with Crippen molar-refractivity contribution in [3.63, 3.8) is 0 Å². The van der Waals surface area contributed by atoms with Crippen LogP contribution in [0.25, 0.3) is 0 Å². The van der Waals surface area contributed by atoms with E-state index in [1.807, 2.05) is 20.8 Å². The van der Waals surface area contributed by atoms with Crippen LogP contribution in [0.2, 0.25) is 0 Å². The highest BCUT2D eigenvalue weighted by molar-refractivity contribution is 7.80. The maximum absolute atomic E-state index is 12.4. The summed E-state index contributed by atoms with van der Waals surface area (Å²) in [6.45, 7) is 6.44. The topological polar surface area (TPSA) is 98.9 Å². The summed E-state index contributed by atoms with van der Waals surface area (Å²) in [5.74, 6) is -0.525. The zero-order valence-corrected chi connectivity index (χ0v) is 18.6. The molecule has 0 saturated carbocycles. The van der Waals surface area contributed by atoms with Crippen LogP contribution in [0.3, 0.4) is 0 Å². The van der Waals surface area contributed by atoms with Crippen LogP contribution in [0.4, 0.5) is 0 Å². The minimum Gasteiger partial charge on any atom is -0.458 e. The SMILES string of the molecule is CC(C)(C)OC(=O)COC1CCN(C(=O)CCC(=O)c2ccc(C(N)=S)cc2)CC1. The zero-order chi connectivity index (χ0) is 22.3. The lowest BCUT2D eigenvalue weighted by atomic mass is 10.0. The van der Waals surface area contributed by atoms with Crippen LogP contribution in [0, 0.1) is 0 Å². The van der Waals surface area contributed by atoms with Crippen LogP contribution in [-0.2, 0) is 19.1 Å². The molecular weight excluding hydrogens is 404 g/mol. The van der Waals surface area contributed by atoms with Gasteiger partial charge < -0.3 is 20.1 Å². The monoisotopic (exact) mass is 434 g/mol. The molecule has 2 N–H and O–H groups in total. The smallest absolute Gasteiger partial charge is 0.332 e. The summed E-state index contributed by atoms with van der Waals surface area (Å²) in [6.07, 6.45) is 1.56. The van der Waals surface area contributed by atoms with Crippen molar-refractivity contribution < 1.29 is 23.9 Å².